The number of carbonyl (C=O) groups excluding carboxylic acids is 1. The molecule has 1 heterocycles. The molecule has 31 heavy (non-hydrogen) atoms. The van der Waals surface area contributed by atoms with Gasteiger partial charge in [0.15, 0.2) is 0 Å². The second-order valence-electron chi connectivity index (χ2n) is 11.6. The van der Waals surface area contributed by atoms with Crippen molar-refractivity contribution >= 4 is 24.4 Å². The third-order valence-electron chi connectivity index (χ3n) is 6.52. The molecule has 1 aromatic carbocycles. The predicted octanol–water partition coefficient (Wildman–Crippen LogP) is 6.02. The van der Waals surface area contributed by atoms with Gasteiger partial charge in [0.25, 0.3) is 0 Å². The van der Waals surface area contributed by atoms with Gasteiger partial charge in [0.2, 0.25) is 0 Å². The second-order valence-corrected chi connectivity index (χ2v) is 11.6. The van der Waals surface area contributed by atoms with E-state index in [1.807, 2.05) is 60.6 Å². The van der Waals surface area contributed by atoms with Crippen molar-refractivity contribution < 1.29 is 21.6 Å². The lowest BCUT2D eigenvalue weighted by Gasteiger charge is -2.35. The van der Waals surface area contributed by atoms with E-state index in [0.717, 1.165) is 11.9 Å². The average molecular weight is 431 g/mol. The van der Waals surface area contributed by atoms with Gasteiger partial charge >= 0.3 is 13.2 Å². The molecule has 1 aliphatic carbocycles. The van der Waals surface area contributed by atoms with Gasteiger partial charge in [-0.15, -0.1) is 0 Å². The molecule has 1 amide bonds. The number of carbonyl (C=O) groups is 1. The summed E-state index contributed by atoms with van der Waals surface area (Å²) in [5.41, 5.74) is 0.278. The maximum Gasteiger partial charge on any atom is 0.494 e. The van der Waals surface area contributed by atoms with E-state index in [0.29, 0.717) is 24.1 Å². The van der Waals surface area contributed by atoms with Crippen LogP contribution in [-0.4, -0.2) is 30.0 Å². The maximum atomic E-state index is 12.6. The Kier molecular flexibility index (Phi) is 5.58. The van der Waals surface area contributed by atoms with Crippen LogP contribution in [0.5, 0.6) is 0 Å². The Morgan fingerprint density at radius 2 is 1.77 bits per heavy atom. The topological polar surface area (TPSA) is 56.8 Å². The van der Waals surface area contributed by atoms with Crippen molar-refractivity contribution in [2.75, 3.05) is 5.32 Å². The van der Waals surface area contributed by atoms with Gasteiger partial charge in [0.1, 0.15) is 5.60 Å². The largest absolute Gasteiger partial charge is 0.494 e. The second kappa shape index (κ2) is 8.11. The first-order chi connectivity index (χ1) is 14.9. The molecule has 2 fully saturated rings. The molecule has 0 radical (unpaired) electrons. The first-order valence-electron chi connectivity index (χ1n) is 12.4. The molecule has 1 N–H and O–H groups in total. The Balaban J connectivity index is 2.02. The molecule has 1 aromatic rings. The molecule has 2 aliphatic rings. The van der Waals surface area contributed by atoms with Crippen molar-refractivity contribution in [3.05, 3.63) is 23.8 Å². The highest BCUT2D eigenvalue weighted by atomic mass is 16.7. The molecule has 6 heteroatoms. The zero-order chi connectivity index (χ0) is 25.0. The van der Waals surface area contributed by atoms with Crippen molar-refractivity contribution in [1.82, 2.24) is 0 Å². The molecule has 0 spiro atoms. The SMILES string of the molecule is [2H]C1CC(C)(C)CCC1([2H])c1cc(B2OC(C)(C)C(C)(C)O2)ccc1NC(=O)OC(C)(C)C. The average Bonchev–Trinajstić information content (AvgIpc) is 2.84. The highest BCUT2D eigenvalue weighted by molar-refractivity contribution is 6.62. The van der Waals surface area contributed by atoms with E-state index in [2.05, 4.69) is 19.2 Å². The highest BCUT2D eigenvalue weighted by Gasteiger charge is 2.51. The van der Waals surface area contributed by atoms with Crippen molar-refractivity contribution in [2.24, 2.45) is 5.41 Å². The minimum Gasteiger partial charge on any atom is -0.444 e. The van der Waals surface area contributed by atoms with E-state index in [4.69, 9.17) is 15.4 Å². The van der Waals surface area contributed by atoms with Gasteiger partial charge < -0.3 is 14.0 Å². The molecule has 172 valence electrons. The number of amides is 1. The quantitative estimate of drug-likeness (QED) is 0.595. The van der Waals surface area contributed by atoms with E-state index in [9.17, 15) is 6.17 Å². The summed E-state index contributed by atoms with van der Waals surface area (Å²) in [5.74, 6) is -1.17. The first kappa shape index (κ1) is 21.3. The fourth-order valence-electron chi connectivity index (χ4n) is 3.80. The summed E-state index contributed by atoms with van der Waals surface area (Å²) in [6.45, 7) is 17.7. The van der Waals surface area contributed by atoms with Gasteiger partial charge in [-0.3, -0.25) is 5.32 Å². The molecule has 2 unspecified atom stereocenters. The van der Waals surface area contributed by atoms with Crippen LogP contribution < -0.4 is 10.8 Å². The standard InChI is InChI=1S/C25H40BNO4/c1-22(2,3)29-21(28)27-20-11-10-18(26-30-24(6,7)25(8,9)31-26)16-19(20)17-12-14-23(4,5)15-13-17/h10-11,16-17H,12-15H2,1-9H3,(H,27,28)/i12D,17D. The van der Waals surface area contributed by atoms with Crippen LogP contribution in [0.2, 0.25) is 0 Å². The van der Waals surface area contributed by atoms with Crippen LogP contribution in [0.4, 0.5) is 10.5 Å². The molecule has 1 saturated heterocycles. The van der Waals surface area contributed by atoms with Crippen LogP contribution in [0, 0.1) is 5.41 Å². The summed E-state index contributed by atoms with van der Waals surface area (Å²) in [6.07, 6.45) is 0.772. The Morgan fingerprint density at radius 3 is 2.32 bits per heavy atom. The number of nitrogens with one attached hydrogen (secondary N) is 1. The minimum absolute atomic E-state index is 0.0130. The van der Waals surface area contributed by atoms with Crippen LogP contribution in [0.1, 0.15) is 102 Å². The fourth-order valence-corrected chi connectivity index (χ4v) is 3.80. The minimum atomic E-state index is -1.17. The lowest BCUT2D eigenvalue weighted by Crippen LogP contribution is -2.41. The van der Waals surface area contributed by atoms with Crippen LogP contribution in [-0.2, 0) is 14.0 Å². The number of ether oxygens (including phenoxy) is 1. The van der Waals surface area contributed by atoms with Gasteiger partial charge in [0, 0.05) is 8.43 Å². The normalized spacial score (nSPS) is 30.4. The number of benzene rings is 1. The van der Waals surface area contributed by atoms with E-state index in [1.165, 1.54) is 0 Å². The molecule has 0 bridgehead atoms. The number of hydrogen-bond acceptors (Lipinski definition) is 4. The van der Waals surface area contributed by atoms with E-state index in [1.54, 1.807) is 6.07 Å². The molecule has 1 saturated carbocycles. The Bertz CT molecular complexity index is 896. The number of rotatable bonds is 3. The summed E-state index contributed by atoms with van der Waals surface area (Å²) < 4.78 is 36.1. The first-order valence-corrected chi connectivity index (χ1v) is 11.3. The van der Waals surface area contributed by atoms with Crippen LogP contribution in [0.3, 0.4) is 0 Å². The lowest BCUT2D eigenvalue weighted by atomic mass is 9.69. The van der Waals surface area contributed by atoms with Crippen molar-refractivity contribution in [2.45, 2.75) is 111 Å². The summed E-state index contributed by atoms with van der Waals surface area (Å²) in [6, 6.07) is 5.51. The Morgan fingerprint density at radius 1 is 1.16 bits per heavy atom. The van der Waals surface area contributed by atoms with Crippen molar-refractivity contribution in [3.8, 4) is 0 Å². The zero-order valence-electron chi connectivity index (χ0n) is 22.6. The molecule has 3 rings (SSSR count). The summed E-state index contributed by atoms with van der Waals surface area (Å²) >= 11 is 0. The van der Waals surface area contributed by atoms with Gasteiger partial charge in [-0.1, -0.05) is 26.0 Å². The predicted molar refractivity (Wildman–Crippen MR) is 127 cm³/mol. The molecular weight excluding hydrogens is 389 g/mol. The molecule has 0 aromatic heterocycles. The Labute approximate surface area is 191 Å². The van der Waals surface area contributed by atoms with Crippen molar-refractivity contribution in [3.63, 3.8) is 0 Å². The van der Waals surface area contributed by atoms with E-state index < -0.39 is 42.3 Å². The molecular formula is C25H40BNO4. The summed E-state index contributed by atoms with van der Waals surface area (Å²) in [4.78, 5) is 12.6. The van der Waals surface area contributed by atoms with E-state index >= 15 is 0 Å². The third kappa shape index (κ3) is 5.64. The fraction of sp³-hybridized carbons (Fsp3) is 0.720. The number of hydrogen-bond donors (Lipinski definition) is 1. The summed E-state index contributed by atoms with van der Waals surface area (Å²) in [7, 11) is -0.586. The Hall–Kier alpha value is -1.53. The van der Waals surface area contributed by atoms with Crippen LogP contribution >= 0.6 is 0 Å². The molecule has 2 atom stereocenters. The van der Waals surface area contributed by atoms with Crippen LogP contribution in [0.15, 0.2) is 18.2 Å². The van der Waals surface area contributed by atoms with Gasteiger partial charge in [-0.25, -0.2) is 4.79 Å². The molecule has 1 aliphatic heterocycles. The maximum absolute atomic E-state index is 12.6. The summed E-state index contributed by atoms with van der Waals surface area (Å²) in [5, 5.41) is 2.84. The third-order valence-corrected chi connectivity index (χ3v) is 6.52. The van der Waals surface area contributed by atoms with E-state index in [-0.39, 0.29) is 5.41 Å². The lowest BCUT2D eigenvalue weighted by molar-refractivity contribution is 0.00578. The van der Waals surface area contributed by atoms with Gasteiger partial charge in [0.05, 0.1) is 11.2 Å². The zero-order valence-corrected chi connectivity index (χ0v) is 20.6. The number of anilines is 1. The van der Waals surface area contributed by atoms with Crippen LogP contribution in [0.25, 0.3) is 0 Å². The van der Waals surface area contributed by atoms with Gasteiger partial charge in [-0.05, 0) is 103 Å². The molecule has 5 nitrogen and oxygen atoms in total. The van der Waals surface area contributed by atoms with Crippen molar-refractivity contribution in [1.29, 1.82) is 0 Å². The highest BCUT2D eigenvalue weighted by Crippen LogP contribution is 2.44. The monoisotopic (exact) mass is 431 g/mol. The smallest absolute Gasteiger partial charge is 0.444 e. The van der Waals surface area contributed by atoms with Gasteiger partial charge in [-0.2, -0.15) is 0 Å².